The number of aliphatic carboxylic acids is 1. The number of hydrogen-bond acceptors (Lipinski definition) is 5. The van der Waals surface area contributed by atoms with Gasteiger partial charge in [0.25, 0.3) is 0 Å². The zero-order valence-corrected chi connectivity index (χ0v) is 10.4. The van der Waals surface area contributed by atoms with Gasteiger partial charge >= 0.3 is 5.97 Å². The highest BCUT2D eigenvalue weighted by Gasteiger charge is 2.37. The van der Waals surface area contributed by atoms with E-state index in [9.17, 15) is 4.79 Å². The van der Waals surface area contributed by atoms with Crippen LogP contribution in [0.5, 0.6) is 0 Å². The molecule has 1 aromatic rings. The third-order valence-corrected chi connectivity index (χ3v) is 4.12. The van der Waals surface area contributed by atoms with Gasteiger partial charge in [0.15, 0.2) is 0 Å². The summed E-state index contributed by atoms with van der Waals surface area (Å²) in [5.41, 5.74) is -0.606. The second-order valence-electron chi connectivity index (χ2n) is 4.19. The maximum absolute atomic E-state index is 11.1. The summed E-state index contributed by atoms with van der Waals surface area (Å²) in [6.45, 7) is 3.17. The molecule has 88 valence electrons. The van der Waals surface area contributed by atoms with Crippen molar-refractivity contribution in [2.45, 2.75) is 19.8 Å². The highest BCUT2D eigenvalue weighted by atomic mass is 35.5. The molecule has 0 spiro atoms. The standard InChI is InChI=1S/C9H12ClN3O2S/c1-9(6(14)15)2-4-13(5-3-9)8-12-11-7(10)16-8/h2-5H2,1H3,(H,14,15). The number of halogens is 1. The van der Waals surface area contributed by atoms with Gasteiger partial charge in [-0.25, -0.2) is 0 Å². The molecule has 2 heterocycles. The lowest BCUT2D eigenvalue weighted by Crippen LogP contribution is -2.42. The van der Waals surface area contributed by atoms with Gasteiger partial charge in [0.05, 0.1) is 5.41 Å². The number of carboxylic acids is 1. The Morgan fingerprint density at radius 3 is 2.56 bits per heavy atom. The van der Waals surface area contributed by atoms with Crippen LogP contribution < -0.4 is 4.90 Å². The number of rotatable bonds is 2. The predicted molar refractivity (Wildman–Crippen MR) is 62.1 cm³/mol. The molecule has 0 aromatic carbocycles. The lowest BCUT2D eigenvalue weighted by molar-refractivity contribution is -0.149. The van der Waals surface area contributed by atoms with E-state index in [0.29, 0.717) is 30.4 Å². The molecule has 0 aliphatic carbocycles. The van der Waals surface area contributed by atoms with Gasteiger partial charge in [-0.05, 0) is 31.4 Å². The van der Waals surface area contributed by atoms with Crippen LogP contribution in [0, 0.1) is 5.41 Å². The van der Waals surface area contributed by atoms with Crippen LogP contribution in [0.3, 0.4) is 0 Å². The minimum atomic E-state index is -0.720. The number of hydrogen-bond donors (Lipinski definition) is 1. The number of aromatic nitrogens is 2. The van der Waals surface area contributed by atoms with E-state index in [2.05, 4.69) is 10.2 Å². The van der Waals surface area contributed by atoms with Crippen LogP contribution in [0.25, 0.3) is 0 Å². The Balaban J connectivity index is 2.03. The SMILES string of the molecule is CC1(C(=O)O)CCN(c2nnc(Cl)s2)CC1. The normalized spacial score (nSPS) is 19.8. The average Bonchev–Trinajstić information content (AvgIpc) is 2.66. The van der Waals surface area contributed by atoms with Crippen molar-refractivity contribution in [3.05, 3.63) is 4.47 Å². The molecule has 7 heteroatoms. The minimum absolute atomic E-state index is 0.418. The Bertz CT molecular complexity index is 401. The highest BCUT2D eigenvalue weighted by molar-refractivity contribution is 7.19. The van der Waals surface area contributed by atoms with E-state index in [1.165, 1.54) is 11.3 Å². The van der Waals surface area contributed by atoms with Crippen molar-refractivity contribution < 1.29 is 9.90 Å². The maximum atomic E-state index is 11.1. The van der Waals surface area contributed by atoms with Gasteiger partial charge in [0, 0.05) is 13.1 Å². The minimum Gasteiger partial charge on any atom is -0.481 e. The Morgan fingerprint density at radius 2 is 2.12 bits per heavy atom. The summed E-state index contributed by atoms with van der Waals surface area (Å²) >= 11 is 7.03. The van der Waals surface area contributed by atoms with E-state index in [1.54, 1.807) is 6.92 Å². The van der Waals surface area contributed by atoms with Crippen LogP contribution in [0.4, 0.5) is 5.13 Å². The largest absolute Gasteiger partial charge is 0.481 e. The Hall–Kier alpha value is -0.880. The van der Waals surface area contributed by atoms with Crippen molar-refractivity contribution in [1.82, 2.24) is 10.2 Å². The van der Waals surface area contributed by atoms with Crippen LogP contribution in [-0.2, 0) is 4.79 Å². The van der Waals surface area contributed by atoms with E-state index in [1.807, 2.05) is 4.90 Å². The van der Waals surface area contributed by atoms with E-state index >= 15 is 0 Å². The Labute approximate surface area is 102 Å². The fourth-order valence-electron chi connectivity index (χ4n) is 1.73. The van der Waals surface area contributed by atoms with Crippen molar-refractivity contribution in [1.29, 1.82) is 0 Å². The van der Waals surface area contributed by atoms with Crippen molar-refractivity contribution >= 4 is 34.0 Å². The van der Waals surface area contributed by atoms with Gasteiger partial charge < -0.3 is 10.0 Å². The number of piperidine rings is 1. The molecule has 5 nitrogen and oxygen atoms in total. The summed E-state index contributed by atoms with van der Waals surface area (Å²) in [6.07, 6.45) is 1.25. The monoisotopic (exact) mass is 261 g/mol. The van der Waals surface area contributed by atoms with Crippen LogP contribution in [0.1, 0.15) is 19.8 Å². The molecular weight excluding hydrogens is 250 g/mol. The number of anilines is 1. The third-order valence-electron chi connectivity index (χ3n) is 3.04. The fraction of sp³-hybridized carbons (Fsp3) is 0.667. The number of nitrogens with zero attached hydrogens (tertiary/aromatic N) is 3. The molecular formula is C9H12ClN3O2S. The van der Waals surface area contributed by atoms with E-state index < -0.39 is 11.4 Å². The van der Waals surface area contributed by atoms with Crippen LogP contribution >= 0.6 is 22.9 Å². The molecule has 1 N–H and O–H groups in total. The van der Waals surface area contributed by atoms with Crippen molar-refractivity contribution in [2.24, 2.45) is 5.41 Å². The predicted octanol–water partition coefficient (Wildman–Crippen LogP) is 1.88. The van der Waals surface area contributed by atoms with Gasteiger partial charge in [-0.15, -0.1) is 10.2 Å². The Kier molecular flexibility index (Phi) is 3.03. The van der Waals surface area contributed by atoms with Gasteiger partial charge in [0.2, 0.25) is 9.60 Å². The van der Waals surface area contributed by atoms with Crippen LogP contribution in [-0.4, -0.2) is 34.4 Å². The topological polar surface area (TPSA) is 66.3 Å². The first-order valence-electron chi connectivity index (χ1n) is 4.99. The van der Waals surface area contributed by atoms with Gasteiger partial charge in [-0.3, -0.25) is 4.79 Å². The summed E-state index contributed by atoms with van der Waals surface area (Å²) in [4.78, 5) is 13.1. The van der Waals surface area contributed by atoms with Crippen molar-refractivity contribution in [3.63, 3.8) is 0 Å². The number of carboxylic acid groups (broad SMARTS) is 1. The van der Waals surface area contributed by atoms with Crippen LogP contribution in [0.15, 0.2) is 0 Å². The highest BCUT2D eigenvalue weighted by Crippen LogP contribution is 2.34. The molecule has 1 saturated heterocycles. The molecule has 0 radical (unpaired) electrons. The molecule has 1 aliphatic rings. The maximum Gasteiger partial charge on any atom is 0.309 e. The third kappa shape index (κ3) is 2.12. The molecule has 0 unspecified atom stereocenters. The molecule has 1 aliphatic heterocycles. The van der Waals surface area contributed by atoms with E-state index in [4.69, 9.17) is 16.7 Å². The zero-order chi connectivity index (χ0) is 11.8. The molecule has 1 fully saturated rings. The van der Waals surface area contributed by atoms with Gasteiger partial charge in [0.1, 0.15) is 0 Å². The molecule has 0 amide bonds. The summed E-state index contributed by atoms with van der Waals surface area (Å²) in [6, 6.07) is 0. The smallest absolute Gasteiger partial charge is 0.309 e. The molecule has 16 heavy (non-hydrogen) atoms. The Morgan fingerprint density at radius 1 is 1.50 bits per heavy atom. The van der Waals surface area contributed by atoms with Crippen molar-refractivity contribution in [3.8, 4) is 0 Å². The molecule has 0 bridgehead atoms. The molecule has 0 saturated carbocycles. The first kappa shape index (κ1) is 11.6. The molecule has 0 atom stereocenters. The first-order valence-corrected chi connectivity index (χ1v) is 6.18. The van der Waals surface area contributed by atoms with E-state index in [-0.39, 0.29) is 0 Å². The van der Waals surface area contributed by atoms with E-state index in [0.717, 1.165) is 5.13 Å². The molecule has 1 aromatic heterocycles. The lowest BCUT2D eigenvalue weighted by Gasteiger charge is -2.35. The average molecular weight is 262 g/mol. The fourth-order valence-corrected chi connectivity index (χ4v) is 2.60. The lowest BCUT2D eigenvalue weighted by atomic mass is 9.81. The summed E-state index contributed by atoms with van der Waals surface area (Å²) < 4.78 is 0.418. The second-order valence-corrected chi connectivity index (χ2v) is 5.73. The second kappa shape index (κ2) is 4.18. The van der Waals surface area contributed by atoms with Crippen molar-refractivity contribution in [2.75, 3.05) is 18.0 Å². The zero-order valence-electron chi connectivity index (χ0n) is 8.81. The summed E-state index contributed by atoms with van der Waals surface area (Å²) in [5.74, 6) is -0.720. The van der Waals surface area contributed by atoms with Gasteiger partial charge in [-0.1, -0.05) is 11.3 Å². The van der Waals surface area contributed by atoms with Crippen LogP contribution in [0.2, 0.25) is 4.47 Å². The summed E-state index contributed by atoms with van der Waals surface area (Å²) in [5, 5.41) is 17.6. The number of carbonyl (C=O) groups is 1. The summed E-state index contributed by atoms with van der Waals surface area (Å²) in [7, 11) is 0. The first-order chi connectivity index (χ1) is 7.51. The quantitative estimate of drug-likeness (QED) is 0.881. The molecule has 2 rings (SSSR count). The van der Waals surface area contributed by atoms with Gasteiger partial charge in [-0.2, -0.15) is 0 Å².